The molecule has 1 aliphatic heterocycles. The average molecular weight is 285 g/mol. The van der Waals surface area contributed by atoms with E-state index in [1.165, 1.54) is 0 Å². The van der Waals surface area contributed by atoms with Crippen LogP contribution in [0.4, 0.5) is 0 Å². The zero-order valence-corrected chi connectivity index (χ0v) is 12.5. The Morgan fingerprint density at radius 1 is 1.47 bits per heavy atom. The second kappa shape index (κ2) is 7.23. The largest absolute Gasteiger partial charge is 0.375 e. The van der Waals surface area contributed by atoms with Gasteiger partial charge in [0.15, 0.2) is 5.16 Å². The number of likely N-dealkylation sites (N-methyl/N-ethyl adjacent to an activating group) is 1. The van der Waals surface area contributed by atoms with Gasteiger partial charge in [0.1, 0.15) is 5.82 Å². The summed E-state index contributed by atoms with van der Waals surface area (Å²) < 4.78 is 7.88. The highest BCUT2D eigenvalue weighted by Crippen LogP contribution is 2.20. The number of hydrogen-bond acceptors (Lipinski definition) is 6. The first-order valence-corrected chi connectivity index (χ1v) is 7.78. The fourth-order valence-electron chi connectivity index (χ4n) is 2.16. The van der Waals surface area contributed by atoms with Gasteiger partial charge < -0.3 is 19.9 Å². The molecule has 0 saturated carbocycles. The van der Waals surface area contributed by atoms with Gasteiger partial charge in [-0.05, 0) is 13.5 Å². The molecule has 108 valence electrons. The Morgan fingerprint density at radius 3 is 3.00 bits per heavy atom. The monoisotopic (exact) mass is 285 g/mol. The summed E-state index contributed by atoms with van der Waals surface area (Å²) in [5, 5.41) is 9.34. The van der Waals surface area contributed by atoms with Crippen molar-refractivity contribution in [2.24, 2.45) is 5.73 Å². The highest BCUT2D eigenvalue weighted by Gasteiger charge is 2.19. The lowest BCUT2D eigenvalue weighted by Crippen LogP contribution is -2.41. The lowest BCUT2D eigenvalue weighted by molar-refractivity contribution is -0.00601. The van der Waals surface area contributed by atoms with Crippen LogP contribution in [0.1, 0.15) is 19.2 Å². The quantitative estimate of drug-likeness (QED) is 0.771. The highest BCUT2D eigenvalue weighted by atomic mass is 32.2. The first-order chi connectivity index (χ1) is 9.24. The zero-order valence-electron chi connectivity index (χ0n) is 11.7. The highest BCUT2D eigenvalue weighted by molar-refractivity contribution is 7.99. The van der Waals surface area contributed by atoms with Gasteiger partial charge in [0.2, 0.25) is 0 Å². The molecule has 1 saturated heterocycles. The molecule has 1 fully saturated rings. The maximum atomic E-state index is 5.76. The van der Waals surface area contributed by atoms with Crippen molar-refractivity contribution in [3.05, 3.63) is 5.82 Å². The van der Waals surface area contributed by atoms with Crippen LogP contribution in [0.25, 0.3) is 0 Å². The topological polar surface area (TPSA) is 69.2 Å². The number of nitrogens with zero attached hydrogens (tertiary/aromatic N) is 4. The molecule has 2 N–H and O–H groups in total. The molecule has 1 atom stereocenters. The van der Waals surface area contributed by atoms with Crippen molar-refractivity contribution in [2.45, 2.75) is 37.7 Å². The van der Waals surface area contributed by atoms with Crippen molar-refractivity contribution in [3.8, 4) is 0 Å². The van der Waals surface area contributed by atoms with Crippen LogP contribution in [0.2, 0.25) is 0 Å². The van der Waals surface area contributed by atoms with Gasteiger partial charge in [-0.1, -0.05) is 18.7 Å². The van der Waals surface area contributed by atoms with Crippen LogP contribution in [0.5, 0.6) is 0 Å². The molecule has 2 heterocycles. The molecule has 0 aromatic carbocycles. The Bertz CT molecular complexity index is 397. The van der Waals surface area contributed by atoms with Crippen molar-refractivity contribution in [2.75, 3.05) is 32.5 Å². The Balaban J connectivity index is 1.93. The molecule has 6 nitrogen and oxygen atoms in total. The maximum absolute atomic E-state index is 5.76. The van der Waals surface area contributed by atoms with Gasteiger partial charge >= 0.3 is 0 Å². The van der Waals surface area contributed by atoms with E-state index in [0.29, 0.717) is 6.54 Å². The Morgan fingerprint density at radius 2 is 2.32 bits per heavy atom. The fraction of sp³-hybridized carbons (Fsp3) is 0.833. The van der Waals surface area contributed by atoms with Gasteiger partial charge in [-0.25, -0.2) is 0 Å². The van der Waals surface area contributed by atoms with Crippen LogP contribution < -0.4 is 5.73 Å². The summed E-state index contributed by atoms with van der Waals surface area (Å²) in [6.45, 7) is 6.33. The lowest BCUT2D eigenvalue weighted by Gasteiger charge is -2.29. The minimum atomic E-state index is 0.275. The van der Waals surface area contributed by atoms with Gasteiger partial charge in [0, 0.05) is 25.4 Å². The second-order valence-corrected chi connectivity index (χ2v) is 5.81. The molecule has 0 spiro atoms. The molecule has 0 amide bonds. The lowest BCUT2D eigenvalue weighted by atomic mass is 10.3. The molecule has 1 unspecified atom stereocenters. The van der Waals surface area contributed by atoms with Crippen molar-refractivity contribution in [1.82, 2.24) is 19.7 Å². The van der Waals surface area contributed by atoms with Gasteiger partial charge in [0.05, 0.1) is 19.3 Å². The van der Waals surface area contributed by atoms with E-state index >= 15 is 0 Å². The minimum Gasteiger partial charge on any atom is -0.375 e. The van der Waals surface area contributed by atoms with Crippen LogP contribution in [0.15, 0.2) is 5.16 Å². The number of hydrogen-bond donors (Lipinski definition) is 1. The third-order valence-electron chi connectivity index (χ3n) is 3.16. The third kappa shape index (κ3) is 3.92. The molecular weight excluding hydrogens is 262 g/mol. The van der Waals surface area contributed by atoms with E-state index in [1.807, 2.05) is 0 Å². The zero-order chi connectivity index (χ0) is 13.7. The van der Waals surface area contributed by atoms with E-state index < -0.39 is 0 Å². The summed E-state index contributed by atoms with van der Waals surface area (Å²) in [5.74, 6) is 1.78. The maximum Gasteiger partial charge on any atom is 0.191 e. The number of ether oxygens (including phenoxy) is 1. The molecule has 1 aliphatic rings. The number of thioether (sulfide) groups is 1. The molecule has 0 aliphatic carbocycles. The van der Waals surface area contributed by atoms with E-state index in [9.17, 15) is 0 Å². The molecule has 0 radical (unpaired) electrons. The summed E-state index contributed by atoms with van der Waals surface area (Å²) >= 11 is 1.71. The number of morpholine rings is 1. The first kappa shape index (κ1) is 14.8. The van der Waals surface area contributed by atoms with Gasteiger partial charge in [-0.3, -0.25) is 0 Å². The molecule has 19 heavy (non-hydrogen) atoms. The van der Waals surface area contributed by atoms with Crippen LogP contribution in [0.3, 0.4) is 0 Å². The van der Waals surface area contributed by atoms with Crippen molar-refractivity contribution in [3.63, 3.8) is 0 Å². The molecule has 1 aromatic rings. The predicted molar refractivity (Wildman–Crippen MR) is 76.2 cm³/mol. The number of nitrogens with two attached hydrogens (primary N) is 1. The second-order valence-electron chi connectivity index (χ2n) is 4.82. The summed E-state index contributed by atoms with van der Waals surface area (Å²) in [6, 6.07) is 0. The molecule has 2 rings (SSSR count). The summed E-state index contributed by atoms with van der Waals surface area (Å²) in [5.41, 5.74) is 5.69. The van der Waals surface area contributed by atoms with E-state index in [0.717, 1.165) is 49.4 Å². The van der Waals surface area contributed by atoms with Gasteiger partial charge in [-0.2, -0.15) is 0 Å². The van der Waals surface area contributed by atoms with Crippen LogP contribution in [-0.4, -0.2) is 58.3 Å². The van der Waals surface area contributed by atoms with Crippen molar-refractivity contribution < 1.29 is 4.74 Å². The minimum absolute atomic E-state index is 0.275. The van der Waals surface area contributed by atoms with Gasteiger partial charge in [0.25, 0.3) is 0 Å². The van der Waals surface area contributed by atoms with Crippen molar-refractivity contribution >= 4 is 11.8 Å². The van der Waals surface area contributed by atoms with Crippen LogP contribution in [-0.2, 0) is 17.8 Å². The van der Waals surface area contributed by atoms with Crippen LogP contribution in [0, 0.1) is 0 Å². The average Bonchev–Trinajstić information content (AvgIpc) is 2.79. The first-order valence-electron chi connectivity index (χ1n) is 6.79. The summed E-state index contributed by atoms with van der Waals surface area (Å²) in [7, 11) is 2.13. The normalized spacial score (nSPS) is 20.9. The Labute approximate surface area is 118 Å². The predicted octanol–water partition coefficient (Wildman–Crippen LogP) is 0.570. The summed E-state index contributed by atoms with van der Waals surface area (Å²) in [4.78, 5) is 2.30. The number of rotatable bonds is 6. The molecule has 0 bridgehead atoms. The third-order valence-corrected chi connectivity index (χ3v) is 4.26. The van der Waals surface area contributed by atoms with E-state index in [4.69, 9.17) is 10.5 Å². The molecule has 1 aromatic heterocycles. The Hall–Kier alpha value is -0.630. The fourth-order valence-corrected chi connectivity index (χ4v) is 3.15. The molecular formula is C12H23N5OS. The van der Waals surface area contributed by atoms with E-state index in [1.54, 1.807) is 11.8 Å². The Kier molecular flexibility index (Phi) is 5.62. The van der Waals surface area contributed by atoms with Crippen LogP contribution >= 0.6 is 11.8 Å². The summed E-state index contributed by atoms with van der Waals surface area (Å²) in [6.07, 6.45) is 1.33. The number of aromatic nitrogens is 3. The van der Waals surface area contributed by atoms with Crippen molar-refractivity contribution in [1.29, 1.82) is 0 Å². The van der Waals surface area contributed by atoms with Gasteiger partial charge in [-0.15, -0.1) is 10.2 Å². The van der Waals surface area contributed by atoms with E-state index in [2.05, 4.69) is 33.6 Å². The smallest absolute Gasteiger partial charge is 0.191 e. The van der Waals surface area contributed by atoms with E-state index in [-0.39, 0.29) is 6.10 Å². The standard InChI is InChI=1S/C12H23N5OS/c1-3-4-17-11(7-13)14-15-12(17)19-9-10-8-16(2)5-6-18-10/h10H,3-9,13H2,1-2H3. The SMILES string of the molecule is CCCn1c(CN)nnc1SCC1CN(C)CCO1. The molecule has 7 heteroatoms.